The molecule has 0 rings (SSSR count). The number of hydrogen-bond acceptors (Lipinski definition) is 2. The molecule has 0 heterocycles. The van der Waals surface area contributed by atoms with Crippen LogP contribution in [0.1, 0.15) is 19.8 Å². The first kappa shape index (κ1) is 7.66. The quantitative estimate of drug-likeness (QED) is 0.420. The zero-order valence-electron chi connectivity index (χ0n) is 5.09. The van der Waals surface area contributed by atoms with Gasteiger partial charge in [0, 0.05) is 0 Å². The molecule has 48 valence electrons. The van der Waals surface area contributed by atoms with Crippen molar-refractivity contribution in [3.63, 3.8) is 0 Å². The van der Waals surface area contributed by atoms with Gasteiger partial charge in [-0.15, -0.1) is 0 Å². The highest BCUT2D eigenvalue weighted by atomic mass is 16.5. The van der Waals surface area contributed by atoms with E-state index in [0.29, 0.717) is 12.0 Å². The van der Waals surface area contributed by atoms with Gasteiger partial charge in [-0.25, -0.2) is 0 Å². The average Bonchev–Trinajstić information content (AvgIpc) is 1.67. The summed E-state index contributed by atoms with van der Waals surface area (Å²) in [5, 5.41) is 16.8. The van der Waals surface area contributed by atoms with E-state index < -0.39 is 6.29 Å². The first-order valence-electron chi connectivity index (χ1n) is 2.72. The van der Waals surface area contributed by atoms with Crippen molar-refractivity contribution < 1.29 is 10.2 Å². The van der Waals surface area contributed by atoms with E-state index in [-0.39, 0.29) is 0 Å². The Labute approximate surface area is 49.5 Å². The van der Waals surface area contributed by atoms with Gasteiger partial charge in [0.2, 0.25) is 0 Å². The molecule has 2 nitrogen and oxygen atoms in total. The molecule has 8 heavy (non-hydrogen) atoms. The SMILES string of the molecule is C=C(CCC)C(O)O. The normalized spacial score (nSPS) is 10.0. The lowest BCUT2D eigenvalue weighted by molar-refractivity contribution is -0.00988. The Kier molecular flexibility index (Phi) is 3.48. The van der Waals surface area contributed by atoms with Gasteiger partial charge in [0.1, 0.15) is 0 Å². The summed E-state index contributed by atoms with van der Waals surface area (Å²) in [6.07, 6.45) is 0.281. The molecule has 0 bridgehead atoms. The van der Waals surface area contributed by atoms with Crippen LogP contribution in [0.25, 0.3) is 0 Å². The molecule has 0 unspecified atom stereocenters. The van der Waals surface area contributed by atoms with Crippen LogP contribution >= 0.6 is 0 Å². The minimum Gasteiger partial charge on any atom is -0.365 e. The highest BCUT2D eigenvalue weighted by Crippen LogP contribution is 2.03. The summed E-state index contributed by atoms with van der Waals surface area (Å²) in [6, 6.07) is 0. The third kappa shape index (κ3) is 2.77. The Morgan fingerprint density at radius 2 is 2.12 bits per heavy atom. The average molecular weight is 116 g/mol. The van der Waals surface area contributed by atoms with Crippen molar-refractivity contribution in [2.24, 2.45) is 0 Å². The summed E-state index contributed by atoms with van der Waals surface area (Å²) in [7, 11) is 0. The maximum Gasteiger partial charge on any atom is 0.174 e. The van der Waals surface area contributed by atoms with Crippen molar-refractivity contribution in [3.05, 3.63) is 12.2 Å². The highest BCUT2D eigenvalue weighted by Gasteiger charge is 1.99. The molecule has 0 aliphatic rings. The van der Waals surface area contributed by atoms with Gasteiger partial charge in [0.15, 0.2) is 6.29 Å². The fourth-order valence-corrected chi connectivity index (χ4v) is 0.450. The van der Waals surface area contributed by atoms with Crippen molar-refractivity contribution in [2.75, 3.05) is 0 Å². The van der Waals surface area contributed by atoms with Crippen molar-refractivity contribution in [3.8, 4) is 0 Å². The lowest BCUT2D eigenvalue weighted by Crippen LogP contribution is -2.06. The molecule has 0 aromatic carbocycles. The van der Waals surface area contributed by atoms with E-state index in [9.17, 15) is 0 Å². The molecule has 2 N–H and O–H groups in total. The summed E-state index contributed by atoms with van der Waals surface area (Å²) >= 11 is 0. The van der Waals surface area contributed by atoms with Gasteiger partial charge in [0.05, 0.1) is 0 Å². The van der Waals surface area contributed by atoms with Crippen LogP contribution in [0.2, 0.25) is 0 Å². The fourth-order valence-electron chi connectivity index (χ4n) is 0.450. The minimum atomic E-state index is -1.32. The molecule has 0 radical (unpaired) electrons. The van der Waals surface area contributed by atoms with Crippen LogP contribution in [0.4, 0.5) is 0 Å². The molecule has 0 saturated heterocycles. The predicted molar refractivity (Wildman–Crippen MR) is 32.3 cm³/mol. The highest BCUT2D eigenvalue weighted by molar-refractivity contribution is 4.95. The fraction of sp³-hybridized carbons (Fsp3) is 0.667. The second-order valence-electron chi connectivity index (χ2n) is 1.78. The van der Waals surface area contributed by atoms with Gasteiger partial charge in [-0.05, 0) is 12.0 Å². The predicted octanol–water partition coefficient (Wildman–Crippen LogP) is 0.653. The van der Waals surface area contributed by atoms with Crippen LogP contribution in [0, 0.1) is 0 Å². The molecule has 0 aromatic heterocycles. The molecule has 0 spiro atoms. The topological polar surface area (TPSA) is 40.5 Å². The summed E-state index contributed by atoms with van der Waals surface area (Å²) < 4.78 is 0. The van der Waals surface area contributed by atoms with E-state index in [4.69, 9.17) is 10.2 Å². The number of aliphatic hydroxyl groups excluding tert-OH is 1. The van der Waals surface area contributed by atoms with Crippen molar-refractivity contribution in [2.45, 2.75) is 26.1 Å². The summed E-state index contributed by atoms with van der Waals surface area (Å²) in [6.45, 7) is 5.41. The van der Waals surface area contributed by atoms with Crippen LogP contribution in [-0.4, -0.2) is 16.5 Å². The zero-order valence-corrected chi connectivity index (χ0v) is 5.09. The van der Waals surface area contributed by atoms with Crippen molar-refractivity contribution in [1.29, 1.82) is 0 Å². The molecule has 0 aliphatic heterocycles. The number of hydrogen-bond donors (Lipinski definition) is 2. The summed E-state index contributed by atoms with van der Waals surface area (Å²) in [5.41, 5.74) is 0.493. The van der Waals surface area contributed by atoms with E-state index in [1.165, 1.54) is 0 Å². The molecular weight excluding hydrogens is 104 g/mol. The van der Waals surface area contributed by atoms with Gasteiger partial charge in [-0.2, -0.15) is 0 Å². The number of rotatable bonds is 3. The van der Waals surface area contributed by atoms with E-state index in [2.05, 4.69) is 6.58 Å². The smallest absolute Gasteiger partial charge is 0.174 e. The monoisotopic (exact) mass is 116 g/mol. The molecule has 0 aromatic rings. The Morgan fingerprint density at radius 3 is 2.25 bits per heavy atom. The van der Waals surface area contributed by atoms with Gasteiger partial charge in [-0.3, -0.25) is 0 Å². The van der Waals surface area contributed by atoms with Crippen molar-refractivity contribution >= 4 is 0 Å². The van der Waals surface area contributed by atoms with Gasteiger partial charge >= 0.3 is 0 Å². The molecule has 2 heteroatoms. The van der Waals surface area contributed by atoms with Gasteiger partial charge in [0.25, 0.3) is 0 Å². The van der Waals surface area contributed by atoms with Gasteiger partial charge < -0.3 is 10.2 Å². The molecule has 0 amide bonds. The van der Waals surface area contributed by atoms with Crippen LogP contribution in [0.15, 0.2) is 12.2 Å². The van der Waals surface area contributed by atoms with Crippen LogP contribution in [0.3, 0.4) is 0 Å². The molecule has 0 saturated carbocycles. The second-order valence-corrected chi connectivity index (χ2v) is 1.78. The van der Waals surface area contributed by atoms with E-state index >= 15 is 0 Å². The standard InChI is InChI=1S/C6H12O2/c1-3-4-5(2)6(7)8/h6-8H,2-4H2,1H3. The van der Waals surface area contributed by atoms with E-state index in [1.807, 2.05) is 6.92 Å². The maximum atomic E-state index is 8.41. The first-order valence-corrected chi connectivity index (χ1v) is 2.72. The lowest BCUT2D eigenvalue weighted by atomic mass is 10.2. The lowest BCUT2D eigenvalue weighted by Gasteiger charge is -2.03. The Morgan fingerprint density at radius 1 is 1.62 bits per heavy atom. The number of aliphatic hydroxyl groups is 2. The molecule has 0 fully saturated rings. The maximum absolute atomic E-state index is 8.41. The summed E-state index contributed by atoms with van der Waals surface area (Å²) in [5.74, 6) is 0. The Bertz CT molecular complexity index is 76.6. The third-order valence-corrected chi connectivity index (χ3v) is 0.936. The van der Waals surface area contributed by atoms with Crippen LogP contribution in [-0.2, 0) is 0 Å². The third-order valence-electron chi connectivity index (χ3n) is 0.936. The molecule has 0 atom stereocenters. The van der Waals surface area contributed by atoms with Crippen LogP contribution < -0.4 is 0 Å². The summed E-state index contributed by atoms with van der Waals surface area (Å²) in [4.78, 5) is 0. The Balaban J connectivity index is 3.33. The second kappa shape index (κ2) is 3.64. The molecule has 0 aliphatic carbocycles. The zero-order chi connectivity index (χ0) is 6.57. The van der Waals surface area contributed by atoms with E-state index in [0.717, 1.165) is 6.42 Å². The first-order chi connectivity index (χ1) is 3.68. The molecular formula is C6H12O2. The minimum absolute atomic E-state index is 0.493. The van der Waals surface area contributed by atoms with Crippen LogP contribution in [0.5, 0.6) is 0 Å². The van der Waals surface area contributed by atoms with E-state index in [1.54, 1.807) is 0 Å². The largest absolute Gasteiger partial charge is 0.365 e. The van der Waals surface area contributed by atoms with Crippen molar-refractivity contribution in [1.82, 2.24) is 0 Å². The van der Waals surface area contributed by atoms with Gasteiger partial charge in [-0.1, -0.05) is 19.9 Å². The Hall–Kier alpha value is -0.340.